The molecule has 15 heavy (non-hydrogen) atoms. The Morgan fingerprint density at radius 1 is 1.27 bits per heavy atom. The molecule has 0 unspecified atom stereocenters. The van der Waals surface area contributed by atoms with Gasteiger partial charge in [-0.15, -0.1) is 0 Å². The lowest BCUT2D eigenvalue weighted by molar-refractivity contribution is -0.119. The highest BCUT2D eigenvalue weighted by Gasteiger charge is 2.22. The molecule has 0 saturated heterocycles. The fraction of sp³-hybridized carbons (Fsp3) is 0.333. The highest BCUT2D eigenvalue weighted by Crippen LogP contribution is 2.21. The Labute approximate surface area is 88.5 Å². The van der Waals surface area contributed by atoms with Crippen molar-refractivity contribution in [3.8, 4) is 0 Å². The number of benzene rings is 1. The molecule has 1 N–H and O–H groups in total. The molecule has 1 aliphatic rings. The van der Waals surface area contributed by atoms with Gasteiger partial charge in [0.2, 0.25) is 5.91 Å². The number of carbonyl (C=O) groups excluding carboxylic acids is 2. The van der Waals surface area contributed by atoms with Gasteiger partial charge in [0.1, 0.15) is 0 Å². The molecule has 0 spiro atoms. The van der Waals surface area contributed by atoms with Gasteiger partial charge >= 0.3 is 0 Å². The van der Waals surface area contributed by atoms with Crippen LogP contribution in [0, 0.1) is 0 Å². The van der Waals surface area contributed by atoms with Gasteiger partial charge in [-0.2, -0.15) is 0 Å². The topological polar surface area (TPSA) is 46.2 Å². The lowest BCUT2D eigenvalue weighted by Gasteiger charge is -2.17. The summed E-state index contributed by atoms with van der Waals surface area (Å²) in [5, 5.41) is 2.31. The van der Waals surface area contributed by atoms with Crippen LogP contribution in [-0.4, -0.2) is 11.8 Å². The number of carbonyl (C=O) groups is 2. The molecule has 3 nitrogen and oxygen atoms in total. The smallest absolute Gasteiger partial charge is 0.258 e. The number of hydrogen-bond donors (Lipinski definition) is 1. The van der Waals surface area contributed by atoms with E-state index in [1.807, 2.05) is 12.1 Å². The summed E-state index contributed by atoms with van der Waals surface area (Å²) in [6.07, 6.45) is 0.307. The van der Waals surface area contributed by atoms with Crippen molar-refractivity contribution in [2.24, 2.45) is 0 Å². The molecule has 0 radical (unpaired) electrons. The molecule has 3 heteroatoms. The largest absolute Gasteiger partial charge is 0.292 e. The predicted octanol–water partition coefficient (Wildman–Crippen LogP) is 1.62. The lowest BCUT2D eigenvalue weighted by atomic mass is 9.93. The predicted molar refractivity (Wildman–Crippen MR) is 56.7 cm³/mol. The minimum Gasteiger partial charge on any atom is -0.292 e. The summed E-state index contributed by atoms with van der Waals surface area (Å²) in [7, 11) is 0. The monoisotopic (exact) mass is 203 g/mol. The molecule has 0 aromatic heterocycles. The van der Waals surface area contributed by atoms with Gasteiger partial charge in [0.15, 0.2) is 0 Å². The van der Waals surface area contributed by atoms with E-state index < -0.39 is 0 Å². The summed E-state index contributed by atoms with van der Waals surface area (Å²) in [5.74, 6) is -0.0830. The number of fused-ring (bicyclic) bond motifs is 1. The molecule has 1 aliphatic heterocycles. The number of nitrogens with one attached hydrogen (secondary N) is 1. The third-order valence-corrected chi connectivity index (χ3v) is 2.64. The van der Waals surface area contributed by atoms with Crippen molar-refractivity contribution in [2.45, 2.75) is 26.2 Å². The van der Waals surface area contributed by atoms with Crippen LogP contribution >= 0.6 is 0 Å². The first-order chi connectivity index (χ1) is 7.08. The second kappa shape index (κ2) is 3.50. The number of amides is 2. The van der Waals surface area contributed by atoms with Crippen LogP contribution in [0.25, 0.3) is 0 Å². The molecule has 2 amide bonds. The van der Waals surface area contributed by atoms with Crippen LogP contribution < -0.4 is 5.32 Å². The molecular formula is C12H13NO2. The highest BCUT2D eigenvalue weighted by atomic mass is 16.2. The third kappa shape index (κ3) is 1.77. The second-order valence-corrected chi connectivity index (χ2v) is 4.13. The molecule has 1 heterocycles. The first-order valence-corrected chi connectivity index (χ1v) is 5.05. The van der Waals surface area contributed by atoms with Crippen molar-refractivity contribution in [3.63, 3.8) is 0 Å². The van der Waals surface area contributed by atoms with E-state index in [0.717, 1.165) is 11.1 Å². The van der Waals surface area contributed by atoms with E-state index in [4.69, 9.17) is 0 Å². The number of imide groups is 1. The fourth-order valence-corrected chi connectivity index (χ4v) is 1.75. The zero-order valence-electron chi connectivity index (χ0n) is 8.83. The van der Waals surface area contributed by atoms with E-state index in [-0.39, 0.29) is 11.8 Å². The minimum absolute atomic E-state index is 0.214. The standard InChI is InChI=1S/C12H13NO2/c1-7(2)8-3-4-10-9(5-8)6-11(14)13-12(10)15/h3-5,7H,6H2,1-2H3,(H,13,14,15). The van der Waals surface area contributed by atoms with Crippen LogP contribution in [0.1, 0.15) is 41.3 Å². The van der Waals surface area contributed by atoms with Crippen molar-refractivity contribution in [2.75, 3.05) is 0 Å². The van der Waals surface area contributed by atoms with Crippen molar-refractivity contribution in [1.29, 1.82) is 0 Å². The van der Waals surface area contributed by atoms with E-state index in [9.17, 15) is 9.59 Å². The van der Waals surface area contributed by atoms with E-state index in [2.05, 4.69) is 19.2 Å². The van der Waals surface area contributed by atoms with Crippen molar-refractivity contribution >= 4 is 11.8 Å². The zero-order chi connectivity index (χ0) is 11.0. The Morgan fingerprint density at radius 3 is 2.67 bits per heavy atom. The summed E-state index contributed by atoms with van der Waals surface area (Å²) in [5.41, 5.74) is 2.63. The summed E-state index contributed by atoms with van der Waals surface area (Å²) >= 11 is 0. The lowest BCUT2D eigenvalue weighted by Crippen LogP contribution is -2.37. The van der Waals surface area contributed by atoms with Crippen LogP contribution in [0.15, 0.2) is 18.2 Å². The van der Waals surface area contributed by atoms with Crippen LogP contribution in [0.5, 0.6) is 0 Å². The Bertz CT molecular complexity index is 435. The molecule has 0 atom stereocenters. The van der Waals surface area contributed by atoms with Crippen molar-refractivity contribution in [1.82, 2.24) is 5.32 Å². The molecule has 1 aromatic carbocycles. The van der Waals surface area contributed by atoms with Gasteiger partial charge in [-0.25, -0.2) is 0 Å². The second-order valence-electron chi connectivity index (χ2n) is 4.13. The van der Waals surface area contributed by atoms with Gasteiger partial charge in [-0.3, -0.25) is 14.9 Å². The summed E-state index contributed by atoms with van der Waals surface area (Å²) in [6.45, 7) is 4.18. The third-order valence-electron chi connectivity index (χ3n) is 2.64. The van der Waals surface area contributed by atoms with Crippen LogP contribution in [0.4, 0.5) is 0 Å². The molecule has 78 valence electrons. The molecule has 2 rings (SSSR count). The van der Waals surface area contributed by atoms with Gasteiger partial charge < -0.3 is 0 Å². The van der Waals surface area contributed by atoms with Crippen molar-refractivity contribution in [3.05, 3.63) is 34.9 Å². The fourth-order valence-electron chi connectivity index (χ4n) is 1.75. The first kappa shape index (κ1) is 9.90. The molecule has 1 aromatic rings. The maximum absolute atomic E-state index is 11.4. The van der Waals surface area contributed by atoms with Gasteiger partial charge in [0.05, 0.1) is 6.42 Å². The van der Waals surface area contributed by atoms with Crippen LogP contribution in [-0.2, 0) is 11.2 Å². The number of rotatable bonds is 1. The molecule has 0 aliphatic carbocycles. The Kier molecular flexibility index (Phi) is 2.31. The SMILES string of the molecule is CC(C)c1ccc2c(c1)CC(=O)NC2=O. The maximum atomic E-state index is 11.4. The normalized spacial score (nSPS) is 15.1. The Balaban J connectivity index is 2.48. The minimum atomic E-state index is -0.281. The van der Waals surface area contributed by atoms with Crippen LogP contribution in [0.2, 0.25) is 0 Å². The van der Waals surface area contributed by atoms with Gasteiger partial charge in [-0.1, -0.05) is 26.0 Å². The van der Waals surface area contributed by atoms with E-state index in [0.29, 0.717) is 17.9 Å². The van der Waals surface area contributed by atoms with Gasteiger partial charge in [0.25, 0.3) is 5.91 Å². The molecular weight excluding hydrogens is 190 g/mol. The molecule has 0 saturated carbocycles. The van der Waals surface area contributed by atoms with Gasteiger partial charge in [0, 0.05) is 5.56 Å². The summed E-state index contributed by atoms with van der Waals surface area (Å²) < 4.78 is 0. The summed E-state index contributed by atoms with van der Waals surface area (Å²) in [4.78, 5) is 22.6. The van der Waals surface area contributed by atoms with E-state index in [1.54, 1.807) is 6.07 Å². The van der Waals surface area contributed by atoms with Gasteiger partial charge in [-0.05, 0) is 23.1 Å². The summed E-state index contributed by atoms with van der Waals surface area (Å²) in [6, 6.07) is 5.70. The highest BCUT2D eigenvalue weighted by molar-refractivity contribution is 6.09. The quantitative estimate of drug-likeness (QED) is 0.705. The Hall–Kier alpha value is -1.64. The van der Waals surface area contributed by atoms with Crippen molar-refractivity contribution < 1.29 is 9.59 Å². The van der Waals surface area contributed by atoms with E-state index in [1.165, 1.54) is 0 Å². The van der Waals surface area contributed by atoms with E-state index >= 15 is 0 Å². The average Bonchev–Trinajstić information content (AvgIpc) is 2.16. The number of hydrogen-bond acceptors (Lipinski definition) is 2. The molecule has 0 bridgehead atoms. The van der Waals surface area contributed by atoms with Crippen LogP contribution in [0.3, 0.4) is 0 Å². The average molecular weight is 203 g/mol. The molecule has 0 fully saturated rings. The Morgan fingerprint density at radius 2 is 2.00 bits per heavy atom. The first-order valence-electron chi connectivity index (χ1n) is 5.05. The maximum Gasteiger partial charge on any atom is 0.258 e. The zero-order valence-corrected chi connectivity index (χ0v) is 8.83.